The number of aryl methyl sites for hydroxylation is 1. The van der Waals surface area contributed by atoms with Gasteiger partial charge in [0.1, 0.15) is 0 Å². The summed E-state index contributed by atoms with van der Waals surface area (Å²) in [6.45, 7) is 2.10. The van der Waals surface area contributed by atoms with Crippen LogP contribution >= 0.6 is 0 Å². The molecule has 0 aromatic heterocycles. The molecule has 5 rings (SSSR count). The third-order valence-corrected chi connectivity index (χ3v) is 3.93. The molecule has 0 radical (unpaired) electrons. The van der Waals surface area contributed by atoms with E-state index in [1.165, 1.54) is 26.8 Å². The average Bonchev–Trinajstić information content (AvgIpc) is 2.51. The van der Waals surface area contributed by atoms with Crippen molar-refractivity contribution in [1.82, 2.24) is 0 Å². The van der Waals surface area contributed by atoms with E-state index in [4.69, 9.17) is 4.99 Å². The van der Waals surface area contributed by atoms with Crippen LogP contribution in [0.3, 0.4) is 0 Å². The van der Waals surface area contributed by atoms with E-state index >= 15 is 0 Å². The first kappa shape index (κ1) is 11.4. The molecule has 0 heterocycles. The van der Waals surface area contributed by atoms with Gasteiger partial charge in [-0.05, 0) is 46.3 Å². The summed E-state index contributed by atoms with van der Waals surface area (Å²) in [5.74, 6) is 0. The second-order valence-electron chi connectivity index (χ2n) is 5.40. The molecule has 1 aliphatic rings. The van der Waals surface area contributed by atoms with Crippen molar-refractivity contribution in [1.29, 1.82) is 0 Å². The van der Waals surface area contributed by atoms with Crippen LogP contribution in [-0.2, 0) is 0 Å². The normalized spacial score (nSPS) is 15.9. The van der Waals surface area contributed by atoms with E-state index in [9.17, 15) is 0 Å². The van der Waals surface area contributed by atoms with Crippen molar-refractivity contribution in [2.45, 2.75) is 13.3 Å². The van der Waals surface area contributed by atoms with Crippen molar-refractivity contribution in [3.05, 3.63) is 64.5 Å². The summed E-state index contributed by atoms with van der Waals surface area (Å²) in [5, 5.41) is 5.30. The highest BCUT2D eigenvalue weighted by Crippen LogP contribution is 2.15. The minimum atomic E-state index is 0.908. The van der Waals surface area contributed by atoms with Gasteiger partial charge in [0.25, 0.3) is 0 Å². The van der Waals surface area contributed by atoms with E-state index in [0.29, 0.717) is 0 Å². The lowest BCUT2D eigenvalue weighted by Crippen LogP contribution is -2.31. The van der Waals surface area contributed by atoms with Gasteiger partial charge in [0.15, 0.2) is 0 Å². The van der Waals surface area contributed by atoms with Crippen molar-refractivity contribution in [3.63, 3.8) is 0 Å². The lowest BCUT2D eigenvalue weighted by Gasteiger charge is -2.09. The molecule has 2 bridgehead atoms. The SMILES string of the molecule is Cc1ccc(N=C2C=c3c(c4ccc3cc4)=CC2)cc1. The van der Waals surface area contributed by atoms with Crippen molar-refractivity contribution < 1.29 is 0 Å². The fraction of sp³-hybridized carbons (Fsp3) is 0.105. The summed E-state index contributed by atoms with van der Waals surface area (Å²) in [7, 11) is 0. The number of nitrogens with zero attached hydrogens (tertiary/aromatic N) is 1. The summed E-state index contributed by atoms with van der Waals surface area (Å²) >= 11 is 0. The first-order valence-corrected chi connectivity index (χ1v) is 6.97. The molecule has 0 aliphatic heterocycles. The van der Waals surface area contributed by atoms with Gasteiger partial charge in [-0.25, -0.2) is 0 Å². The molecule has 1 heteroatoms. The van der Waals surface area contributed by atoms with Crippen molar-refractivity contribution in [2.75, 3.05) is 0 Å². The number of rotatable bonds is 1. The van der Waals surface area contributed by atoms with E-state index < -0.39 is 0 Å². The van der Waals surface area contributed by atoms with Crippen molar-refractivity contribution in [3.8, 4) is 0 Å². The van der Waals surface area contributed by atoms with Crippen LogP contribution in [0.2, 0.25) is 0 Å². The Balaban J connectivity index is 1.85. The molecule has 0 N–H and O–H groups in total. The highest BCUT2D eigenvalue weighted by Gasteiger charge is 2.05. The van der Waals surface area contributed by atoms with Crippen molar-refractivity contribution >= 4 is 34.3 Å². The molecule has 0 saturated carbocycles. The molecular formula is C19H15N. The maximum Gasteiger partial charge on any atom is 0.0633 e. The zero-order valence-electron chi connectivity index (χ0n) is 11.4. The Labute approximate surface area is 117 Å². The van der Waals surface area contributed by atoms with Crippen LogP contribution in [0.4, 0.5) is 5.69 Å². The molecule has 1 nitrogen and oxygen atoms in total. The van der Waals surface area contributed by atoms with Gasteiger partial charge in [0.2, 0.25) is 0 Å². The molecular weight excluding hydrogens is 242 g/mol. The van der Waals surface area contributed by atoms with Crippen LogP contribution in [0.5, 0.6) is 0 Å². The molecule has 0 atom stereocenters. The smallest absolute Gasteiger partial charge is 0.0633 e. The second kappa shape index (κ2) is 4.31. The summed E-state index contributed by atoms with van der Waals surface area (Å²) in [6.07, 6.45) is 5.44. The van der Waals surface area contributed by atoms with Crippen LogP contribution in [-0.4, -0.2) is 5.71 Å². The predicted molar refractivity (Wildman–Crippen MR) is 86.2 cm³/mol. The highest BCUT2D eigenvalue weighted by atomic mass is 14.7. The zero-order chi connectivity index (χ0) is 13.5. The van der Waals surface area contributed by atoms with Gasteiger partial charge in [-0.1, -0.05) is 48.0 Å². The Hall–Kier alpha value is -2.41. The molecule has 4 aromatic carbocycles. The standard InChI is InChI=1S/C19H15N/c1-13-2-8-16(9-3-13)20-17-10-11-18-14-4-6-15(7-5-14)19(18)12-17/h2-9,11-12H,10H2,1H3. The number of fused-ring (bicyclic) bond motifs is 2. The molecule has 0 saturated heterocycles. The van der Waals surface area contributed by atoms with Gasteiger partial charge >= 0.3 is 0 Å². The fourth-order valence-electron chi connectivity index (χ4n) is 2.82. The topological polar surface area (TPSA) is 12.4 Å². The number of hydrogen-bond acceptors (Lipinski definition) is 1. The quantitative estimate of drug-likeness (QED) is 0.634. The number of aliphatic imine (C=N–C) groups is 1. The van der Waals surface area contributed by atoms with Crippen LogP contribution < -0.4 is 10.4 Å². The predicted octanol–water partition coefficient (Wildman–Crippen LogP) is 3.32. The van der Waals surface area contributed by atoms with Crippen LogP contribution in [0.25, 0.3) is 22.9 Å². The van der Waals surface area contributed by atoms with Gasteiger partial charge in [-0.2, -0.15) is 0 Å². The molecule has 96 valence electrons. The first-order chi connectivity index (χ1) is 9.79. The van der Waals surface area contributed by atoms with Crippen LogP contribution in [0, 0.1) is 6.92 Å². The largest absolute Gasteiger partial charge is 0.253 e. The zero-order valence-corrected chi connectivity index (χ0v) is 11.4. The van der Waals surface area contributed by atoms with E-state index in [2.05, 4.69) is 67.6 Å². The molecule has 0 amide bonds. The fourth-order valence-corrected chi connectivity index (χ4v) is 2.82. The number of benzene rings is 4. The lowest BCUT2D eigenvalue weighted by molar-refractivity contribution is 1.40. The number of hydrogen-bond donors (Lipinski definition) is 0. The van der Waals surface area contributed by atoms with Gasteiger partial charge < -0.3 is 0 Å². The Kier molecular flexibility index (Phi) is 2.46. The molecule has 0 fully saturated rings. The lowest BCUT2D eigenvalue weighted by atomic mass is 9.98. The van der Waals surface area contributed by atoms with Gasteiger partial charge in [0, 0.05) is 12.1 Å². The van der Waals surface area contributed by atoms with E-state index in [1.54, 1.807) is 0 Å². The summed E-state index contributed by atoms with van der Waals surface area (Å²) in [4.78, 5) is 4.76. The summed E-state index contributed by atoms with van der Waals surface area (Å²) < 4.78 is 0. The van der Waals surface area contributed by atoms with E-state index in [0.717, 1.165) is 17.8 Å². The summed E-state index contributed by atoms with van der Waals surface area (Å²) in [5.41, 5.74) is 3.43. The Morgan fingerprint density at radius 3 is 2.15 bits per heavy atom. The van der Waals surface area contributed by atoms with Gasteiger partial charge in [-0.15, -0.1) is 0 Å². The van der Waals surface area contributed by atoms with Crippen LogP contribution in [0.15, 0.2) is 53.5 Å². The Morgan fingerprint density at radius 2 is 1.45 bits per heavy atom. The average molecular weight is 257 g/mol. The minimum absolute atomic E-state index is 0.908. The van der Waals surface area contributed by atoms with E-state index in [1.807, 2.05) is 0 Å². The maximum atomic E-state index is 4.76. The van der Waals surface area contributed by atoms with E-state index in [-0.39, 0.29) is 0 Å². The molecule has 20 heavy (non-hydrogen) atoms. The maximum absolute atomic E-state index is 4.76. The van der Waals surface area contributed by atoms with Crippen LogP contribution in [0.1, 0.15) is 12.0 Å². The monoisotopic (exact) mass is 257 g/mol. The Morgan fingerprint density at radius 1 is 0.800 bits per heavy atom. The van der Waals surface area contributed by atoms with Gasteiger partial charge in [-0.3, -0.25) is 4.99 Å². The van der Waals surface area contributed by atoms with Gasteiger partial charge in [0.05, 0.1) is 5.69 Å². The highest BCUT2D eigenvalue weighted by molar-refractivity contribution is 6.15. The van der Waals surface area contributed by atoms with Crippen molar-refractivity contribution in [2.24, 2.45) is 4.99 Å². The molecule has 0 unspecified atom stereocenters. The summed E-state index contributed by atoms with van der Waals surface area (Å²) in [6, 6.07) is 17.1. The molecule has 1 aliphatic carbocycles. The second-order valence-corrected chi connectivity index (χ2v) is 5.40. The molecule has 0 spiro atoms. The Bertz CT molecular complexity index is 894. The minimum Gasteiger partial charge on any atom is -0.253 e. The first-order valence-electron chi connectivity index (χ1n) is 6.97. The third-order valence-electron chi connectivity index (χ3n) is 3.93. The third kappa shape index (κ3) is 1.83. The molecule has 4 aromatic rings.